The molecule has 1 saturated heterocycles. The quantitative estimate of drug-likeness (QED) is 0.810. The van der Waals surface area contributed by atoms with E-state index in [4.69, 9.17) is 4.74 Å². The van der Waals surface area contributed by atoms with Crippen molar-refractivity contribution < 1.29 is 4.74 Å². The van der Waals surface area contributed by atoms with E-state index in [9.17, 15) is 0 Å². The third-order valence-corrected chi connectivity index (χ3v) is 3.29. The predicted molar refractivity (Wildman–Crippen MR) is 70.5 cm³/mol. The molecule has 1 fully saturated rings. The van der Waals surface area contributed by atoms with Crippen LogP contribution in [0.4, 0.5) is 0 Å². The molecule has 0 radical (unpaired) electrons. The van der Waals surface area contributed by atoms with E-state index < -0.39 is 0 Å². The van der Waals surface area contributed by atoms with Crippen LogP contribution in [0.1, 0.15) is 19.5 Å². The maximum absolute atomic E-state index is 5.75. The van der Waals surface area contributed by atoms with Crippen molar-refractivity contribution in [2.75, 3.05) is 13.1 Å². The number of fused-ring (bicyclic) bond motifs is 1. The Kier molecular flexibility index (Phi) is 3.06. The second-order valence-electron chi connectivity index (χ2n) is 5.15. The van der Waals surface area contributed by atoms with Crippen molar-refractivity contribution in [1.82, 2.24) is 14.3 Å². The van der Waals surface area contributed by atoms with Gasteiger partial charge in [0.25, 0.3) is 0 Å². The monoisotopic (exact) mass is 245 g/mol. The second-order valence-corrected chi connectivity index (χ2v) is 5.15. The Bertz CT molecular complexity index is 494. The summed E-state index contributed by atoms with van der Waals surface area (Å²) in [6, 6.07) is 6.08. The number of hydrogen-bond acceptors (Lipinski definition) is 3. The highest BCUT2D eigenvalue weighted by Crippen LogP contribution is 2.14. The summed E-state index contributed by atoms with van der Waals surface area (Å²) < 4.78 is 7.82. The Hall–Kier alpha value is -1.39. The lowest BCUT2D eigenvalue weighted by atomic mass is 10.2. The molecule has 0 bridgehead atoms. The normalized spacial score (nSPS) is 25.7. The SMILES string of the molecule is CC1CN(Cc2cn3ccccc3n2)CC(C)O1. The average Bonchev–Trinajstić information content (AvgIpc) is 2.69. The van der Waals surface area contributed by atoms with Gasteiger partial charge in [0.2, 0.25) is 0 Å². The van der Waals surface area contributed by atoms with Crippen molar-refractivity contribution in [1.29, 1.82) is 0 Å². The molecule has 3 heterocycles. The first kappa shape index (κ1) is 11.7. The average molecular weight is 245 g/mol. The fourth-order valence-corrected chi connectivity index (χ4v) is 2.71. The molecule has 4 heteroatoms. The van der Waals surface area contributed by atoms with Crippen LogP contribution in [0, 0.1) is 0 Å². The van der Waals surface area contributed by atoms with Gasteiger partial charge in [-0.05, 0) is 26.0 Å². The zero-order valence-electron chi connectivity index (χ0n) is 10.9. The predicted octanol–water partition coefficient (Wildman–Crippen LogP) is 1.94. The maximum atomic E-state index is 5.75. The van der Waals surface area contributed by atoms with Crippen LogP contribution < -0.4 is 0 Å². The molecule has 2 atom stereocenters. The number of rotatable bonds is 2. The molecular formula is C14H19N3O. The summed E-state index contributed by atoms with van der Waals surface area (Å²) in [5, 5.41) is 0. The molecule has 0 N–H and O–H groups in total. The molecule has 1 aliphatic rings. The van der Waals surface area contributed by atoms with E-state index >= 15 is 0 Å². The Morgan fingerprint density at radius 2 is 2.06 bits per heavy atom. The van der Waals surface area contributed by atoms with Gasteiger partial charge in [0.05, 0.1) is 17.9 Å². The lowest BCUT2D eigenvalue weighted by Crippen LogP contribution is -2.44. The lowest BCUT2D eigenvalue weighted by molar-refractivity contribution is -0.0707. The van der Waals surface area contributed by atoms with E-state index in [1.165, 1.54) is 0 Å². The van der Waals surface area contributed by atoms with Crippen LogP contribution in [0.15, 0.2) is 30.6 Å². The van der Waals surface area contributed by atoms with Crippen LogP contribution in [-0.4, -0.2) is 39.6 Å². The first-order chi connectivity index (χ1) is 8.70. The summed E-state index contributed by atoms with van der Waals surface area (Å²) in [7, 11) is 0. The van der Waals surface area contributed by atoms with E-state index in [1.807, 2.05) is 24.4 Å². The van der Waals surface area contributed by atoms with Crippen molar-refractivity contribution >= 4 is 5.65 Å². The smallest absolute Gasteiger partial charge is 0.137 e. The van der Waals surface area contributed by atoms with Gasteiger partial charge in [0, 0.05) is 32.0 Å². The standard InChI is InChI=1S/C14H19N3O/c1-11-7-16(8-12(2)18-11)9-13-10-17-6-4-3-5-14(17)15-13/h3-6,10-12H,7-9H2,1-2H3. The summed E-state index contributed by atoms with van der Waals surface area (Å²) >= 11 is 0. The highest BCUT2D eigenvalue weighted by Gasteiger charge is 2.22. The topological polar surface area (TPSA) is 29.8 Å². The molecule has 0 saturated carbocycles. The van der Waals surface area contributed by atoms with E-state index in [1.54, 1.807) is 0 Å². The van der Waals surface area contributed by atoms with Crippen LogP contribution >= 0.6 is 0 Å². The van der Waals surface area contributed by atoms with Gasteiger partial charge < -0.3 is 9.14 Å². The third kappa shape index (κ3) is 2.40. The van der Waals surface area contributed by atoms with Crippen molar-refractivity contribution in [2.45, 2.75) is 32.6 Å². The molecule has 2 aromatic heterocycles. The minimum atomic E-state index is 0.311. The van der Waals surface area contributed by atoms with Gasteiger partial charge in [0.1, 0.15) is 5.65 Å². The fraction of sp³-hybridized carbons (Fsp3) is 0.500. The first-order valence-corrected chi connectivity index (χ1v) is 6.51. The second kappa shape index (κ2) is 4.71. The number of imidazole rings is 1. The summed E-state index contributed by atoms with van der Waals surface area (Å²) in [5.41, 5.74) is 2.14. The Morgan fingerprint density at radius 3 is 2.78 bits per heavy atom. The first-order valence-electron chi connectivity index (χ1n) is 6.51. The molecule has 0 spiro atoms. The Balaban J connectivity index is 1.75. The third-order valence-electron chi connectivity index (χ3n) is 3.29. The van der Waals surface area contributed by atoms with Gasteiger partial charge >= 0.3 is 0 Å². The van der Waals surface area contributed by atoms with Crippen LogP contribution in [0.3, 0.4) is 0 Å². The van der Waals surface area contributed by atoms with Crippen LogP contribution in [0.25, 0.3) is 5.65 Å². The molecule has 96 valence electrons. The Morgan fingerprint density at radius 1 is 1.28 bits per heavy atom. The number of aromatic nitrogens is 2. The van der Waals surface area contributed by atoms with Gasteiger partial charge in [-0.3, -0.25) is 4.90 Å². The molecule has 0 aliphatic carbocycles. The molecular weight excluding hydrogens is 226 g/mol. The van der Waals surface area contributed by atoms with E-state index in [-0.39, 0.29) is 0 Å². The molecule has 1 aliphatic heterocycles. The number of pyridine rings is 1. The molecule has 2 aromatic rings. The number of ether oxygens (including phenoxy) is 1. The van der Waals surface area contributed by atoms with E-state index in [0.29, 0.717) is 12.2 Å². The summed E-state index contributed by atoms with van der Waals surface area (Å²) in [6.07, 6.45) is 4.77. The summed E-state index contributed by atoms with van der Waals surface area (Å²) in [5.74, 6) is 0. The largest absolute Gasteiger partial charge is 0.373 e. The Labute approximate surface area is 107 Å². The molecule has 3 rings (SSSR count). The van der Waals surface area contributed by atoms with Gasteiger partial charge in [-0.2, -0.15) is 0 Å². The summed E-state index contributed by atoms with van der Waals surface area (Å²) in [4.78, 5) is 7.05. The zero-order chi connectivity index (χ0) is 12.5. The summed E-state index contributed by atoms with van der Waals surface area (Å²) in [6.45, 7) is 7.13. The molecule has 0 amide bonds. The lowest BCUT2D eigenvalue weighted by Gasteiger charge is -2.34. The van der Waals surface area contributed by atoms with E-state index in [0.717, 1.165) is 31.0 Å². The molecule has 0 aromatic carbocycles. The number of hydrogen-bond donors (Lipinski definition) is 0. The highest BCUT2D eigenvalue weighted by molar-refractivity contribution is 5.39. The molecule has 2 unspecified atom stereocenters. The van der Waals surface area contributed by atoms with Crippen LogP contribution in [0.5, 0.6) is 0 Å². The van der Waals surface area contributed by atoms with Gasteiger partial charge in [-0.1, -0.05) is 6.07 Å². The molecule has 4 nitrogen and oxygen atoms in total. The van der Waals surface area contributed by atoms with Crippen LogP contribution in [0.2, 0.25) is 0 Å². The van der Waals surface area contributed by atoms with Gasteiger partial charge in [-0.25, -0.2) is 4.98 Å². The molecule has 18 heavy (non-hydrogen) atoms. The number of nitrogens with zero attached hydrogens (tertiary/aromatic N) is 3. The van der Waals surface area contributed by atoms with Crippen molar-refractivity contribution in [2.24, 2.45) is 0 Å². The fourth-order valence-electron chi connectivity index (χ4n) is 2.71. The van der Waals surface area contributed by atoms with Gasteiger partial charge in [-0.15, -0.1) is 0 Å². The maximum Gasteiger partial charge on any atom is 0.137 e. The minimum Gasteiger partial charge on any atom is -0.373 e. The highest BCUT2D eigenvalue weighted by atomic mass is 16.5. The minimum absolute atomic E-state index is 0.311. The van der Waals surface area contributed by atoms with Crippen molar-refractivity contribution in [3.63, 3.8) is 0 Å². The van der Waals surface area contributed by atoms with Crippen molar-refractivity contribution in [3.05, 3.63) is 36.3 Å². The van der Waals surface area contributed by atoms with E-state index in [2.05, 4.69) is 34.3 Å². The van der Waals surface area contributed by atoms with Crippen LogP contribution in [-0.2, 0) is 11.3 Å². The number of morpholine rings is 1. The zero-order valence-corrected chi connectivity index (χ0v) is 10.9. The van der Waals surface area contributed by atoms with Crippen molar-refractivity contribution in [3.8, 4) is 0 Å². The van der Waals surface area contributed by atoms with Gasteiger partial charge in [0.15, 0.2) is 0 Å².